The number of hydrogen-bond acceptors (Lipinski definition) is 1. The van der Waals surface area contributed by atoms with E-state index in [0.29, 0.717) is 0 Å². The second kappa shape index (κ2) is 8.09. The first-order valence-corrected chi connectivity index (χ1v) is 15.6. The fraction of sp³-hybridized carbons (Fsp3) is 0.125. The van der Waals surface area contributed by atoms with Gasteiger partial charge < -0.3 is 0 Å². The van der Waals surface area contributed by atoms with E-state index in [1.807, 2.05) is 0 Å². The first-order chi connectivity index (χ1) is 21.4. The summed E-state index contributed by atoms with van der Waals surface area (Å²) in [5.41, 5.74) is 17.9. The number of para-hydroxylation sites is 2. The standard InChI is InChI=1S/C40H30BN3/c1-23-18-21-33-36-34(23)24(2)22-30-38(36)44(39-42-31-16-10-11-17-32(31)43(33)39)37-29(41(30)25-12-6-5-7-13-25)20-19-28-35(37)26-14-8-9-15-27(26)40(28,3)4/h5-22H,1-4H3. The Kier molecular flexibility index (Phi) is 4.48. The number of aryl methyl sites for hydroxylation is 2. The summed E-state index contributed by atoms with van der Waals surface area (Å²) >= 11 is 0. The molecule has 0 unspecified atom stereocenters. The molecule has 0 radical (unpaired) electrons. The summed E-state index contributed by atoms with van der Waals surface area (Å²) in [5.74, 6) is 0.970. The number of nitrogens with zero attached hydrogens (tertiary/aromatic N) is 3. The molecule has 4 heteroatoms. The zero-order valence-electron chi connectivity index (χ0n) is 25.3. The van der Waals surface area contributed by atoms with Gasteiger partial charge in [0.2, 0.25) is 12.5 Å². The molecule has 3 heterocycles. The smallest absolute Gasteiger partial charge is 0.246 e. The lowest BCUT2D eigenvalue weighted by atomic mass is 9.35. The van der Waals surface area contributed by atoms with Gasteiger partial charge >= 0.3 is 0 Å². The normalized spacial score (nSPS) is 14.5. The Morgan fingerprint density at radius 2 is 1.43 bits per heavy atom. The molecule has 0 amide bonds. The van der Waals surface area contributed by atoms with Crippen molar-refractivity contribution >= 4 is 61.7 Å². The molecular formula is C40H30BN3. The van der Waals surface area contributed by atoms with Gasteiger partial charge in [0.1, 0.15) is 0 Å². The van der Waals surface area contributed by atoms with Gasteiger partial charge in [0.15, 0.2) is 0 Å². The lowest BCUT2D eigenvalue weighted by molar-refractivity contribution is 0.660. The van der Waals surface area contributed by atoms with Gasteiger partial charge in [-0.15, -0.1) is 0 Å². The number of benzene rings is 6. The van der Waals surface area contributed by atoms with Crippen molar-refractivity contribution in [3.8, 4) is 16.8 Å². The maximum absolute atomic E-state index is 5.41. The molecule has 0 atom stereocenters. The quantitative estimate of drug-likeness (QED) is 0.192. The molecule has 208 valence electrons. The molecule has 2 aliphatic rings. The molecular weight excluding hydrogens is 533 g/mol. The van der Waals surface area contributed by atoms with Crippen LogP contribution in [0.1, 0.15) is 36.1 Å². The fourth-order valence-electron chi connectivity index (χ4n) is 8.76. The minimum absolute atomic E-state index is 0.101. The Morgan fingerprint density at radius 3 is 2.30 bits per heavy atom. The minimum Gasteiger partial charge on any atom is -0.280 e. The summed E-state index contributed by atoms with van der Waals surface area (Å²) < 4.78 is 4.95. The van der Waals surface area contributed by atoms with Crippen LogP contribution in [-0.4, -0.2) is 20.7 Å². The van der Waals surface area contributed by atoms with Crippen LogP contribution in [0.15, 0.2) is 109 Å². The molecule has 10 rings (SSSR count). The van der Waals surface area contributed by atoms with Crippen LogP contribution in [-0.2, 0) is 5.41 Å². The molecule has 1 aliphatic heterocycles. The molecule has 6 aromatic carbocycles. The lowest BCUT2D eigenvalue weighted by Gasteiger charge is -2.33. The molecule has 0 N–H and O–H groups in total. The van der Waals surface area contributed by atoms with E-state index in [-0.39, 0.29) is 12.1 Å². The fourth-order valence-corrected chi connectivity index (χ4v) is 8.76. The molecule has 0 fully saturated rings. The van der Waals surface area contributed by atoms with Crippen LogP contribution in [0, 0.1) is 13.8 Å². The van der Waals surface area contributed by atoms with Crippen LogP contribution < -0.4 is 16.4 Å². The van der Waals surface area contributed by atoms with E-state index in [0.717, 1.165) is 16.8 Å². The van der Waals surface area contributed by atoms with Crippen LogP contribution in [0.4, 0.5) is 0 Å². The Labute approximate surface area is 256 Å². The highest BCUT2D eigenvalue weighted by Gasteiger charge is 2.42. The van der Waals surface area contributed by atoms with Gasteiger partial charge in [-0.3, -0.25) is 8.97 Å². The first-order valence-electron chi connectivity index (χ1n) is 15.6. The average Bonchev–Trinajstić information content (AvgIpc) is 3.54. The summed E-state index contributed by atoms with van der Waals surface area (Å²) in [6.07, 6.45) is 0. The van der Waals surface area contributed by atoms with E-state index in [2.05, 4.69) is 146 Å². The monoisotopic (exact) mass is 563 g/mol. The Morgan fingerprint density at radius 1 is 0.659 bits per heavy atom. The van der Waals surface area contributed by atoms with Gasteiger partial charge in [-0.05, 0) is 76.2 Å². The number of aromatic nitrogens is 3. The number of fused-ring (bicyclic) bond motifs is 11. The first kappa shape index (κ1) is 24.4. The van der Waals surface area contributed by atoms with Crippen molar-refractivity contribution in [3.63, 3.8) is 0 Å². The molecule has 0 saturated heterocycles. The molecule has 0 spiro atoms. The van der Waals surface area contributed by atoms with E-state index in [4.69, 9.17) is 4.98 Å². The van der Waals surface area contributed by atoms with Gasteiger partial charge in [0.25, 0.3) is 0 Å². The zero-order chi connectivity index (χ0) is 29.5. The Balaban J connectivity index is 1.54. The Bertz CT molecular complexity index is 2550. The summed E-state index contributed by atoms with van der Waals surface area (Å²) in [7, 11) is 0. The molecule has 44 heavy (non-hydrogen) atoms. The van der Waals surface area contributed by atoms with Crippen molar-refractivity contribution in [1.29, 1.82) is 0 Å². The van der Waals surface area contributed by atoms with Gasteiger partial charge in [0.05, 0.1) is 27.8 Å². The topological polar surface area (TPSA) is 22.2 Å². The molecule has 0 saturated carbocycles. The molecule has 0 bridgehead atoms. The van der Waals surface area contributed by atoms with Gasteiger partial charge in [0, 0.05) is 16.4 Å². The van der Waals surface area contributed by atoms with Gasteiger partial charge in [-0.2, -0.15) is 0 Å². The molecule has 2 aromatic heterocycles. The summed E-state index contributed by atoms with van der Waals surface area (Å²) in [6.45, 7) is 9.40. The van der Waals surface area contributed by atoms with Crippen molar-refractivity contribution in [2.75, 3.05) is 0 Å². The highest BCUT2D eigenvalue weighted by Crippen LogP contribution is 2.51. The van der Waals surface area contributed by atoms with Crippen LogP contribution in [0.25, 0.3) is 55.4 Å². The van der Waals surface area contributed by atoms with E-state index >= 15 is 0 Å². The zero-order valence-corrected chi connectivity index (χ0v) is 25.3. The van der Waals surface area contributed by atoms with Crippen LogP contribution in [0.5, 0.6) is 0 Å². The minimum atomic E-state index is -0.101. The predicted octanol–water partition coefficient (Wildman–Crippen LogP) is 7.34. The second-order valence-electron chi connectivity index (χ2n) is 13.3. The van der Waals surface area contributed by atoms with E-state index in [1.165, 1.54) is 77.3 Å². The lowest BCUT2D eigenvalue weighted by Crippen LogP contribution is -2.56. The third-order valence-electron chi connectivity index (χ3n) is 10.6. The Hall–Kier alpha value is -5.09. The number of hydrogen-bond donors (Lipinski definition) is 0. The van der Waals surface area contributed by atoms with Crippen molar-refractivity contribution in [2.24, 2.45) is 0 Å². The van der Waals surface area contributed by atoms with Crippen molar-refractivity contribution in [2.45, 2.75) is 33.1 Å². The SMILES string of the molecule is Cc1ccc2c3c1c(C)cc1c3n(c3nc4ccccc4n23)-c2c(ccc3c2-c2ccccc2C3(C)C)B1c1ccccc1. The third-order valence-corrected chi connectivity index (χ3v) is 10.6. The van der Waals surface area contributed by atoms with Crippen LogP contribution in [0.2, 0.25) is 0 Å². The largest absolute Gasteiger partial charge is 0.280 e. The predicted molar refractivity (Wildman–Crippen MR) is 185 cm³/mol. The van der Waals surface area contributed by atoms with E-state index in [9.17, 15) is 0 Å². The summed E-state index contributed by atoms with van der Waals surface area (Å²) in [5, 5.41) is 2.67. The number of imidazole rings is 1. The molecule has 3 nitrogen and oxygen atoms in total. The van der Waals surface area contributed by atoms with Crippen molar-refractivity contribution in [1.82, 2.24) is 14.0 Å². The second-order valence-corrected chi connectivity index (χ2v) is 13.3. The third kappa shape index (κ3) is 2.78. The van der Waals surface area contributed by atoms with Gasteiger partial charge in [-0.25, -0.2) is 4.98 Å². The van der Waals surface area contributed by atoms with E-state index in [1.54, 1.807) is 0 Å². The average molecular weight is 564 g/mol. The number of rotatable bonds is 1. The maximum Gasteiger partial charge on any atom is 0.246 e. The van der Waals surface area contributed by atoms with Crippen molar-refractivity contribution < 1.29 is 0 Å². The van der Waals surface area contributed by atoms with Gasteiger partial charge in [-0.1, -0.05) is 110 Å². The highest BCUT2D eigenvalue weighted by molar-refractivity contribution is 6.98. The van der Waals surface area contributed by atoms with Crippen LogP contribution in [0.3, 0.4) is 0 Å². The highest BCUT2D eigenvalue weighted by atomic mass is 15.2. The molecule has 8 aromatic rings. The molecule has 1 aliphatic carbocycles. The summed E-state index contributed by atoms with van der Waals surface area (Å²) in [4.78, 5) is 5.41. The summed E-state index contributed by atoms with van der Waals surface area (Å²) in [6, 6.07) is 40.6. The maximum atomic E-state index is 5.41. The van der Waals surface area contributed by atoms with Crippen molar-refractivity contribution in [3.05, 3.63) is 131 Å². The van der Waals surface area contributed by atoms with E-state index < -0.39 is 0 Å². The van der Waals surface area contributed by atoms with Crippen LogP contribution >= 0.6 is 0 Å².